The molecule has 8 heteroatoms. The van der Waals surface area contributed by atoms with Gasteiger partial charge in [-0.15, -0.1) is 0 Å². The van der Waals surface area contributed by atoms with E-state index in [0.29, 0.717) is 28.6 Å². The third kappa shape index (κ3) is 3.44. The first-order chi connectivity index (χ1) is 11.9. The number of amides is 1. The minimum absolute atomic E-state index is 0.146. The molecule has 1 N–H and O–H groups in total. The normalized spacial score (nSPS) is 16.4. The quantitative estimate of drug-likeness (QED) is 0.850. The molecule has 1 amide bonds. The number of thioether (sulfide) groups is 1. The topological polar surface area (TPSA) is 64.0 Å². The van der Waals surface area contributed by atoms with Crippen LogP contribution < -0.4 is 10.9 Å². The van der Waals surface area contributed by atoms with Gasteiger partial charge in [-0.2, -0.15) is 0 Å². The molecule has 2 aromatic rings. The van der Waals surface area contributed by atoms with Crippen molar-refractivity contribution in [3.05, 3.63) is 51.4 Å². The van der Waals surface area contributed by atoms with E-state index in [2.05, 4.69) is 10.3 Å². The predicted molar refractivity (Wildman–Crippen MR) is 91.8 cm³/mol. The van der Waals surface area contributed by atoms with Crippen molar-refractivity contribution >= 4 is 23.4 Å². The number of nitrogens with zero attached hydrogens (tertiary/aromatic N) is 2. The molecule has 1 aromatic carbocycles. The highest BCUT2D eigenvalue weighted by molar-refractivity contribution is 7.99. The molecule has 1 unspecified atom stereocenters. The highest BCUT2D eigenvalue weighted by Crippen LogP contribution is 2.27. The second-order valence-electron chi connectivity index (χ2n) is 5.85. The average molecular weight is 365 g/mol. The van der Waals surface area contributed by atoms with Crippen molar-refractivity contribution in [3.8, 4) is 0 Å². The van der Waals surface area contributed by atoms with Gasteiger partial charge in [-0.05, 0) is 25.5 Å². The van der Waals surface area contributed by atoms with Crippen LogP contribution in [0.3, 0.4) is 0 Å². The lowest BCUT2D eigenvalue weighted by atomic mass is 10.1. The second-order valence-corrected chi connectivity index (χ2v) is 6.84. The number of aryl methyl sites for hydroxylation is 1. The summed E-state index contributed by atoms with van der Waals surface area (Å²) in [7, 11) is 0. The Morgan fingerprint density at radius 3 is 2.92 bits per heavy atom. The zero-order chi connectivity index (χ0) is 18.1. The van der Waals surface area contributed by atoms with Crippen molar-refractivity contribution in [1.82, 2.24) is 9.55 Å². The summed E-state index contributed by atoms with van der Waals surface area (Å²) in [5.41, 5.74) is 0.980. The number of fused-ring (bicyclic) bond motifs is 1. The van der Waals surface area contributed by atoms with Crippen LogP contribution in [-0.4, -0.2) is 21.2 Å². The molecule has 0 fully saturated rings. The Kier molecular flexibility index (Phi) is 4.89. The van der Waals surface area contributed by atoms with Gasteiger partial charge in [0.25, 0.3) is 5.56 Å². The van der Waals surface area contributed by atoms with Gasteiger partial charge in [-0.3, -0.25) is 14.2 Å². The summed E-state index contributed by atoms with van der Waals surface area (Å²) in [5.74, 6) is -1.91. The van der Waals surface area contributed by atoms with Gasteiger partial charge in [0.2, 0.25) is 5.91 Å². The lowest BCUT2D eigenvalue weighted by molar-refractivity contribution is -0.119. The number of carbonyl (C=O) groups excluding carboxylic acids is 1. The fourth-order valence-electron chi connectivity index (χ4n) is 2.79. The molecule has 0 saturated heterocycles. The number of rotatable bonds is 3. The van der Waals surface area contributed by atoms with Crippen LogP contribution in [0.4, 0.5) is 14.5 Å². The maximum absolute atomic E-state index is 13.7. The largest absolute Gasteiger partial charge is 0.323 e. The van der Waals surface area contributed by atoms with Gasteiger partial charge in [0.1, 0.15) is 11.6 Å². The molecule has 1 aliphatic heterocycles. The highest BCUT2D eigenvalue weighted by atomic mass is 32.2. The molecule has 1 aliphatic rings. The minimum Gasteiger partial charge on any atom is -0.323 e. The summed E-state index contributed by atoms with van der Waals surface area (Å²) in [5, 5.41) is 2.99. The van der Waals surface area contributed by atoms with E-state index in [-0.39, 0.29) is 17.8 Å². The summed E-state index contributed by atoms with van der Waals surface area (Å²) in [4.78, 5) is 29.4. The second kappa shape index (κ2) is 6.95. The van der Waals surface area contributed by atoms with Crippen LogP contribution in [0.15, 0.2) is 28.2 Å². The van der Waals surface area contributed by atoms with Crippen molar-refractivity contribution in [2.24, 2.45) is 5.92 Å². The summed E-state index contributed by atoms with van der Waals surface area (Å²) < 4.78 is 28.4. The van der Waals surface area contributed by atoms with E-state index in [1.807, 2.05) is 6.92 Å². The SMILES string of the molecule is CCc1c(C)nc2n(c1=O)CC(C(=O)Nc1cc(F)ccc1F)CS2. The van der Waals surface area contributed by atoms with Crippen molar-refractivity contribution in [3.63, 3.8) is 0 Å². The molecule has 5 nitrogen and oxygen atoms in total. The maximum Gasteiger partial charge on any atom is 0.257 e. The van der Waals surface area contributed by atoms with Gasteiger partial charge >= 0.3 is 0 Å². The van der Waals surface area contributed by atoms with Gasteiger partial charge in [-0.25, -0.2) is 13.8 Å². The Balaban J connectivity index is 1.84. The van der Waals surface area contributed by atoms with E-state index in [1.54, 1.807) is 6.92 Å². The number of benzene rings is 1. The molecule has 1 atom stereocenters. The van der Waals surface area contributed by atoms with Crippen LogP contribution in [0, 0.1) is 24.5 Å². The van der Waals surface area contributed by atoms with Crippen LogP contribution >= 0.6 is 11.8 Å². The zero-order valence-electron chi connectivity index (χ0n) is 13.8. The fourth-order valence-corrected chi connectivity index (χ4v) is 3.91. The first kappa shape index (κ1) is 17.6. The lowest BCUT2D eigenvalue weighted by Gasteiger charge is -2.25. The first-order valence-electron chi connectivity index (χ1n) is 7.89. The van der Waals surface area contributed by atoms with Crippen LogP contribution in [0.5, 0.6) is 0 Å². The Bertz CT molecular complexity index is 898. The van der Waals surface area contributed by atoms with Crippen LogP contribution in [0.25, 0.3) is 0 Å². The molecule has 3 rings (SSSR count). The van der Waals surface area contributed by atoms with E-state index >= 15 is 0 Å². The third-order valence-electron chi connectivity index (χ3n) is 4.16. The summed E-state index contributed by atoms with van der Waals surface area (Å²) in [6.07, 6.45) is 0.563. The molecular weight excluding hydrogens is 348 g/mol. The van der Waals surface area contributed by atoms with Crippen molar-refractivity contribution in [1.29, 1.82) is 0 Å². The maximum atomic E-state index is 13.7. The number of hydrogen-bond acceptors (Lipinski definition) is 4. The minimum atomic E-state index is -0.707. The molecule has 0 saturated carbocycles. The van der Waals surface area contributed by atoms with E-state index in [0.717, 1.165) is 18.2 Å². The molecule has 25 heavy (non-hydrogen) atoms. The highest BCUT2D eigenvalue weighted by Gasteiger charge is 2.28. The predicted octanol–water partition coefficient (Wildman–Crippen LogP) is 2.75. The molecule has 2 heterocycles. The molecule has 0 bridgehead atoms. The third-order valence-corrected chi connectivity index (χ3v) is 5.30. The van der Waals surface area contributed by atoms with Crippen molar-refractivity contribution < 1.29 is 13.6 Å². The molecular formula is C17H17F2N3O2S. The van der Waals surface area contributed by atoms with Crippen molar-refractivity contribution in [2.75, 3.05) is 11.1 Å². The number of carbonyl (C=O) groups is 1. The summed E-state index contributed by atoms with van der Waals surface area (Å²) >= 11 is 1.31. The Morgan fingerprint density at radius 2 is 2.20 bits per heavy atom. The summed E-state index contributed by atoms with van der Waals surface area (Å²) in [6, 6.07) is 2.88. The van der Waals surface area contributed by atoms with Gasteiger partial charge in [-0.1, -0.05) is 18.7 Å². The molecule has 0 spiro atoms. The smallest absolute Gasteiger partial charge is 0.257 e. The Hall–Kier alpha value is -2.22. The molecule has 1 aromatic heterocycles. The Labute approximate surface area is 147 Å². The zero-order valence-corrected chi connectivity index (χ0v) is 14.6. The average Bonchev–Trinajstić information content (AvgIpc) is 2.58. The van der Waals surface area contributed by atoms with Gasteiger partial charge in [0, 0.05) is 29.6 Å². The standard InChI is InChI=1S/C17H17F2N3O2S/c1-3-12-9(2)20-17-22(16(12)24)7-10(8-25-17)15(23)21-14-6-11(18)4-5-13(14)19/h4-6,10H,3,7-8H2,1-2H3,(H,21,23). The van der Waals surface area contributed by atoms with Gasteiger partial charge < -0.3 is 5.32 Å². The van der Waals surface area contributed by atoms with Gasteiger partial charge in [0.05, 0.1) is 11.6 Å². The number of halogens is 2. The number of nitrogens with one attached hydrogen (secondary N) is 1. The lowest BCUT2D eigenvalue weighted by Crippen LogP contribution is -2.38. The number of anilines is 1. The van der Waals surface area contributed by atoms with Crippen LogP contribution in [0.1, 0.15) is 18.2 Å². The van der Waals surface area contributed by atoms with E-state index in [4.69, 9.17) is 0 Å². The van der Waals surface area contributed by atoms with Crippen LogP contribution in [-0.2, 0) is 17.8 Å². The van der Waals surface area contributed by atoms with Gasteiger partial charge in [0.15, 0.2) is 5.16 Å². The first-order valence-corrected chi connectivity index (χ1v) is 8.88. The number of hydrogen-bond donors (Lipinski definition) is 1. The molecule has 0 aliphatic carbocycles. The molecule has 132 valence electrons. The Morgan fingerprint density at radius 1 is 1.44 bits per heavy atom. The fraction of sp³-hybridized carbons (Fsp3) is 0.353. The number of aromatic nitrogens is 2. The van der Waals surface area contributed by atoms with E-state index in [9.17, 15) is 18.4 Å². The van der Waals surface area contributed by atoms with Crippen LogP contribution in [0.2, 0.25) is 0 Å². The molecule has 0 radical (unpaired) electrons. The van der Waals surface area contributed by atoms with E-state index < -0.39 is 23.5 Å². The van der Waals surface area contributed by atoms with Crippen molar-refractivity contribution in [2.45, 2.75) is 32.0 Å². The summed E-state index contributed by atoms with van der Waals surface area (Å²) in [6.45, 7) is 3.85. The van der Waals surface area contributed by atoms with E-state index in [1.165, 1.54) is 16.3 Å². The monoisotopic (exact) mass is 365 g/mol.